The molecule has 0 aliphatic heterocycles. The lowest BCUT2D eigenvalue weighted by atomic mass is 9.72. The van der Waals surface area contributed by atoms with E-state index < -0.39 is 5.60 Å². The highest BCUT2D eigenvalue weighted by Crippen LogP contribution is 2.38. The maximum atomic E-state index is 10.3. The third-order valence-corrected chi connectivity index (χ3v) is 4.13. The molecule has 1 heterocycles. The molecule has 2 nitrogen and oxygen atoms in total. The van der Waals surface area contributed by atoms with E-state index in [1.807, 2.05) is 19.2 Å². The number of rotatable bonds is 3. The van der Waals surface area contributed by atoms with E-state index in [1.54, 1.807) is 11.3 Å². The van der Waals surface area contributed by atoms with Crippen LogP contribution < -0.4 is 0 Å². The van der Waals surface area contributed by atoms with Crippen molar-refractivity contribution in [2.45, 2.75) is 45.1 Å². The molecule has 2 rings (SSSR count). The smallest absolute Gasteiger partial charge is 0.0956 e. The van der Waals surface area contributed by atoms with E-state index in [1.165, 1.54) is 19.3 Å². The predicted molar refractivity (Wildman–Crippen MR) is 58.5 cm³/mol. The van der Waals surface area contributed by atoms with Gasteiger partial charge in [-0.15, -0.1) is 11.3 Å². The van der Waals surface area contributed by atoms with E-state index in [2.05, 4.69) is 4.98 Å². The van der Waals surface area contributed by atoms with Crippen LogP contribution in [0.1, 0.15) is 36.9 Å². The minimum absolute atomic E-state index is 0.492. The van der Waals surface area contributed by atoms with E-state index >= 15 is 0 Å². The Labute approximate surface area is 89.0 Å². The molecule has 1 aliphatic rings. The average Bonchev–Trinajstić information content (AvgIpc) is 2.28. The molecule has 1 saturated carbocycles. The Morgan fingerprint density at radius 2 is 2.36 bits per heavy atom. The second-order valence-corrected chi connectivity index (χ2v) is 5.49. The first-order chi connectivity index (χ1) is 6.58. The van der Waals surface area contributed by atoms with Gasteiger partial charge in [-0.1, -0.05) is 6.42 Å². The number of aryl methyl sites for hydroxylation is 1. The Bertz CT molecular complexity index is 315. The molecule has 0 saturated heterocycles. The monoisotopic (exact) mass is 211 g/mol. The quantitative estimate of drug-likeness (QED) is 0.833. The van der Waals surface area contributed by atoms with Crippen molar-refractivity contribution in [1.82, 2.24) is 4.98 Å². The average molecular weight is 211 g/mol. The number of hydrogen-bond acceptors (Lipinski definition) is 3. The standard InChI is InChI=1S/C11H17NOS/c1-8-7-14-10(12-8)6-11(2,13)9-4-3-5-9/h7,9,13H,3-6H2,1-2H3. The molecule has 0 amide bonds. The van der Waals surface area contributed by atoms with Gasteiger partial charge >= 0.3 is 0 Å². The summed E-state index contributed by atoms with van der Waals surface area (Å²) in [6.07, 6.45) is 4.35. The van der Waals surface area contributed by atoms with E-state index in [0.29, 0.717) is 5.92 Å². The van der Waals surface area contributed by atoms with Crippen LogP contribution in [0.2, 0.25) is 0 Å². The maximum absolute atomic E-state index is 10.3. The summed E-state index contributed by atoms with van der Waals surface area (Å²) in [4.78, 5) is 4.40. The molecule has 1 aromatic rings. The minimum atomic E-state index is -0.539. The van der Waals surface area contributed by atoms with Crippen LogP contribution in [0.15, 0.2) is 5.38 Å². The minimum Gasteiger partial charge on any atom is -0.389 e. The van der Waals surface area contributed by atoms with Gasteiger partial charge in [0.1, 0.15) is 0 Å². The summed E-state index contributed by atoms with van der Waals surface area (Å²) in [6.45, 7) is 3.95. The Kier molecular flexibility index (Phi) is 2.62. The molecule has 3 heteroatoms. The van der Waals surface area contributed by atoms with Crippen LogP contribution >= 0.6 is 11.3 Å². The Morgan fingerprint density at radius 3 is 2.79 bits per heavy atom. The number of hydrogen-bond donors (Lipinski definition) is 1. The van der Waals surface area contributed by atoms with Crippen molar-refractivity contribution in [2.24, 2.45) is 5.92 Å². The third kappa shape index (κ3) is 1.98. The van der Waals surface area contributed by atoms with Gasteiger partial charge in [0.15, 0.2) is 0 Å². The molecule has 1 aliphatic carbocycles. The van der Waals surface area contributed by atoms with Gasteiger partial charge in [0.25, 0.3) is 0 Å². The molecular formula is C11H17NOS. The second kappa shape index (κ2) is 3.63. The molecule has 1 fully saturated rings. The van der Waals surface area contributed by atoms with Gasteiger partial charge in [-0.05, 0) is 32.6 Å². The number of aliphatic hydroxyl groups is 1. The van der Waals surface area contributed by atoms with Crippen LogP contribution in [0.3, 0.4) is 0 Å². The van der Waals surface area contributed by atoms with Crippen LogP contribution in [0.4, 0.5) is 0 Å². The molecule has 0 radical (unpaired) electrons. The van der Waals surface area contributed by atoms with Crippen LogP contribution in [0.5, 0.6) is 0 Å². The zero-order valence-corrected chi connectivity index (χ0v) is 9.60. The van der Waals surface area contributed by atoms with E-state index in [-0.39, 0.29) is 0 Å². The van der Waals surface area contributed by atoms with E-state index in [4.69, 9.17) is 0 Å². The fraction of sp³-hybridized carbons (Fsp3) is 0.727. The van der Waals surface area contributed by atoms with Crippen molar-refractivity contribution in [3.8, 4) is 0 Å². The largest absolute Gasteiger partial charge is 0.389 e. The van der Waals surface area contributed by atoms with Gasteiger partial charge < -0.3 is 5.11 Å². The van der Waals surface area contributed by atoms with Crippen molar-refractivity contribution in [2.75, 3.05) is 0 Å². The first kappa shape index (κ1) is 10.1. The van der Waals surface area contributed by atoms with Crippen molar-refractivity contribution in [3.05, 3.63) is 16.1 Å². The van der Waals surface area contributed by atoms with Crippen molar-refractivity contribution < 1.29 is 5.11 Å². The number of thiazole rings is 1. The summed E-state index contributed by atoms with van der Waals surface area (Å²) in [5.41, 5.74) is 0.525. The zero-order valence-electron chi connectivity index (χ0n) is 8.79. The first-order valence-corrected chi connectivity index (χ1v) is 6.09. The molecule has 0 bridgehead atoms. The van der Waals surface area contributed by atoms with Crippen LogP contribution in [0.25, 0.3) is 0 Å². The summed E-state index contributed by atoms with van der Waals surface area (Å²) in [7, 11) is 0. The lowest BCUT2D eigenvalue weighted by Gasteiger charge is -2.38. The molecule has 0 spiro atoms. The number of aromatic nitrogens is 1. The molecular weight excluding hydrogens is 194 g/mol. The third-order valence-electron chi connectivity index (χ3n) is 3.16. The van der Waals surface area contributed by atoms with E-state index in [9.17, 15) is 5.11 Å². The predicted octanol–water partition coefficient (Wildman–Crippen LogP) is 2.55. The van der Waals surface area contributed by atoms with Crippen LogP contribution in [0, 0.1) is 12.8 Å². The lowest BCUT2D eigenvalue weighted by Crippen LogP contribution is -2.40. The highest BCUT2D eigenvalue weighted by Gasteiger charge is 2.36. The van der Waals surface area contributed by atoms with Gasteiger partial charge in [0.05, 0.1) is 10.6 Å². The highest BCUT2D eigenvalue weighted by molar-refractivity contribution is 7.09. The summed E-state index contributed by atoms with van der Waals surface area (Å²) in [6, 6.07) is 0. The molecule has 1 unspecified atom stereocenters. The molecule has 1 atom stereocenters. The normalized spacial score (nSPS) is 21.6. The summed E-state index contributed by atoms with van der Waals surface area (Å²) in [5, 5.41) is 13.4. The lowest BCUT2D eigenvalue weighted by molar-refractivity contribution is -0.0340. The Balaban J connectivity index is 2.01. The maximum Gasteiger partial charge on any atom is 0.0956 e. The summed E-state index contributed by atoms with van der Waals surface area (Å²) >= 11 is 1.66. The topological polar surface area (TPSA) is 33.1 Å². The summed E-state index contributed by atoms with van der Waals surface area (Å²) in [5.74, 6) is 0.492. The Morgan fingerprint density at radius 1 is 1.64 bits per heavy atom. The van der Waals surface area contributed by atoms with E-state index in [0.717, 1.165) is 17.1 Å². The zero-order chi connectivity index (χ0) is 10.2. The van der Waals surface area contributed by atoms with Crippen molar-refractivity contribution in [1.29, 1.82) is 0 Å². The Hall–Kier alpha value is -0.410. The molecule has 1 aromatic heterocycles. The fourth-order valence-electron chi connectivity index (χ4n) is 1.96. The van der Waals surface area contributed by atoms with Gasteiger partial charge in [0.2, 0.25) is 0 Å². The van der Waals surface area contributed by atoms with Crippen molar-refractivity contribution in [3.63, 3.8) is 0 Å². The fourth-order valence-corrected chi connectivity index (χ4v) is 2.90. The second-order valence-electron chi connectivity index (χ2n) is 4.54. The van der Waals surface area contributed by atoms with Gasteiger partial charge in [-0.3, -0.25) is 0 Å². The molecule has 0 aromatic carbocycles. The van der Waals surface area contributed by atoms with Gasteiger partial charge in [-0.2, -0.15) is 0 Å². The molecule has 78 valence electrons. The van der Waals surface area contributed by atoms with Gasteiger partial charge in [0, 0.05) is 17.5 Å². The molecule has 1 N–H and O–H groups in total. The van der Waals surface area contributed by atoms with Crippen molar-refractivity contribution >= 4 is 11.3 Å². The van der Waals surface area contributed by atoms with Crippen LogP contribution in [-0.4, -0.2) is 15.7 Å². The first-order valence-electron chi connectivity index (χ1n) is 5.21. The number of nitrogens with zero attached hydrogens (tertiary/aromatic N) is 1. The molecule has 14 heavy (non-hydrogen) atoms. The SMILES string of the molecule is Cc1csc(CC(C)(O)C2CCC2)n1. The highest BCUT2D eigenvalue weighted by atomic mass is 32.1. The van der Waals surface area contributed by atoms with Crippen LogP contribution in [-0.2, 0) is 6.42 Å². The van der Waals surface area contributed by atoms with Gasteiger partial charge in [-0.25, -0.2) is 4.98 Å². The summed E-state index contributed by atoms with van der Waals surface area (Å²) < 4.78 is 0.